The number of H-pyrrole nitrogens is 1. The van der Waals surface area contributed by atoms with E-state index in [1.54, 1.807) is 44.6 Å². The van der Waals surface area contributed by atoms with Crippen LogP contribution in [0.4, 0.5) is 0 Å². The van der Waals surface area contributed by atoms with Crippen molar-refractivity contribution in [2.24, 2.45) is 23.1 Å². The van der Waals surface area contributed by atoms with Crippen molar-refractivity contribution in [3.8, 4) is 22.3 Å². The first kappa shape index (κ1) is 65.2. The fraction of sp³-hybridized carbons (Fsp3) is 0.318. The Bertz CT molecular complexity index is 3520. The first-order valence-electron chi connectivity index (χ1n) is 29.4. The highest BCUT2D eigenvalue weighted by Crippen LogP contribution is 2.26. The van der Waals surface area contributed by atoms with Crippen molar-refractivity contribution < 1.29 is 38.4 Å². The van der Waals surface area contributed by atoms with Gasteiger partial charge in [0.05, 0.1) is 6.04 Å². The molecule has 1 aliphatic heterocycles. The van der Waals surface area contributed by atoms with Gasteiger partial charge < -0.3 is 59.4 Å². The number of nitrogens with two attached hydrogens (primary N) is 3. The summed E-state index contributed by atoms with van der Waals surface area (Å²) in [5.41, 5.74) is 25.7. The molecule has 1 aliphatic rings. The molecule has 2 aromatic heterocycles. The van der Waals surface area contributed by atoms with Gasteiger partial charge in [0.2, 0.25) is 47.3 Å². The van der Waals surface area contributed by atoms with Gasteiger partial charge in [-0.3, -0.25) is 43.3 Å². The third kappa shape index (κ3) is 18.6. The number of nitrogens with zero attached hydrogens (tertiary/aromatic N) is 1. The molecule has 460 valence electrons. The molecule has 0 saturated carbocycles. The number of amides is 8. The molecule has 14 N–H and O–H groups in total. The van der Waals surface area contributed by atoms with E-state index in [9.17, 15) is 33.6 Å². The lowest BCUT2D eigenvalue weighted by Crippen LogP contribution is -2.61. The third-order valence-electron chi connectivity index (χ3n) is 15.1. The number of fused-ring (bicyclic) bond motifs is 1. The molecule has 1 fully saturated rings. The second kappa shape index (κ2) is 32.2. The van der Waals surface area contributed by atoms with Crippen molar-refractivity contribution in [3.63, 3.8) is 0 Å². The molecule has 7 aromatic rings. The Morgan fingerprint density at radius 2 is 1.19 bits per heavy atom. The van der Waals surface area contributed by atoms with Crippen LogP contribution >= 0.6 is 21.6 Å². The number of hydrogen-bond donors (Lipinski definition) is 11. The monoisotopic (exact) mass is 1230 g/mol. The molecule has 0 unspecified atom stereocenters. The normalized spacial score (nSPS) is 19.9. The molecule has 8 amide bonds. The summed E-state index contributed by atoms with van der Waals surface area (Å²) in [5, 5.41) is 20.6. The molecule has 8 atom stereocenters. The Labute approximate surface area is 519 Å². The molecule has 8 rings (SSSR count). The Morgan fingerprint density at radius 3 is 1.83 bits per heavy atom. The Hall–Kier alpha value is -8.83. The van der Waals surface area contributed by atoms with E-state index in [1.807, 2.05) is 133 Å². The Morgan fingerprint density at radius 1 is 0.614 bits per heavy atom. The molecule has 3 heterocycles. The number of benzene rings is 5. The van der Waals surface area contributed by atoms with Crippen LogP contribution in [0, 0.1) is 5.92 Å². The summed E-state index contributed by atoms with van der Waals surface area (Å²) in [4.78, 5) is 124. The summed E-state index contributed by atoms with van der Waals surface area (Å²) in [6, 6.07) is 34.9. The maximum atomic E-state index is 15.0. The van der Waals surface area contributed by atoms with E-state index in [0.29, 0.717) is 36.1 Å². The number of pyridine rings is 1. The lowest BCUT2D eigenvalue weighted by molar-refractivity contribution is -0.136. The minimum atomic E-state index is -1.38. The van der Waals surface area contributed by atoms with Crippen molar-refractivity contribution >= 4 is 79.7 Å². The molecule has 88 heavy (non-hydrogen) atoms. The minimum Gasteiger partial charge on any atom is -0.368 e. The second-order valence-corrected chi connectivity index (χ2v) is 24.7. The quantitative estimate of drug-likeness (QED) is 0.0369. The highest BCUT2D eigenvalue weighted by atomic mass is 33.1. The number of aromatic nitrogens is 2. The second-order valence-electron chi connectivity index (χ2n) is 22.1. The van der Waals surface area contributed by atoms with Gasteiger partial charge in [0.1, 0.15) is 42.3 Å². The number of para-hydroxylation sites is 1. The first-order valence-corrected chi connectivity index (χ1v) is 31.9. The summed E-state index contributed by atoms with van der Waals surface area (Å²) in [7, 11) is 2.16. The predicted molar refractivity (Wildman–Crippen MR) is 344 cm³/mol. The number of unbranched alkanes of at least 4 members (excludes halogenated alkanes) is 1. The van der Waals surface area contributed by atoms with Gasteiger partial charge >= 0.3 is 0 Å². The van der Waals surface area contributed by atoms with E-state index in [1.165, 1.54) is 0 Å². The SMILES string of the molecule is CC(C)[C@@H]1NC(=O)[C@H](CCCCN)NC(=O)[C@@H](Cc2c[nH]c3ccccc23)NC(=O)[C@H](Cc2cccnc2)NC(=O)[C@H](NC(=O)[C@@H](N)Cc2cccc(-c3ccccc3)c2)CSSC[C@@H](C(=O)N[C@@H](Cc2cccc(-c3ccccc3)c2)C(N)=O)NC1=O. The van der Waals surface area contributed by atoms with Crippen LogP contribution in [0.5, 0.6) is 0 Å². The van der Waals surface area contributed by atoms with Crippen molar-refractivity contribution in [1.29, 1.82) is 0 Å². The van der Waals surface area contributed by atoms with Crippen molar-refractivity contribution in [3.05, 3.63) is 186 Å². The van der Waals surface area contributed by atoms with Gasteiger partial charge in [0, 0.05) is 60.3 Å². The number of aromatic amines is 1. The molecular weight excluding hydrogens is 1150 g/mol. The van der Waals surface area contributed by atoms with Gasteiger partial charge in [-0.05, 0) is 94.8 Å². The fourth-order valence-corrected chi connectivity index (χ4v) is 12.6. The van der Waals surface area contributed by atoms with Crippen LogP contribution in [0.1, 0.15) is 55.4 Å². The maximum Gasteiger partial charge on any atom is 0.244 e. The molecule has 0 radical (unpaired) electrons. The van der Waals surface area contributed by atoms with Crippen LogP contribution in [0.25, 0.3) is 33.2 Å². The summed E-state index contributed by atoms with van der Waals surface area (Å²) in [6.45, 7) is 3.71. The van der Waals surface area contributed by atoms with E-state index in [-0.39, 0.29) is 43.6 Å². The number of carbonyl (C=O) groups excluding carboxylic acids is 8. The zero-order valence-corrected chi connectivity index (χ0v) is 50.8. The van der Waals surface area contributed by atoms with Gasteiger partial charge in [0.15, 0.2) is 0 Å². The van der Waals surface area contributed by atoms with Crippen LogP contribution in [0.3, 0.4) is 0 Å². The average Bonchev–Trinajstić information content (AvgIpc) is 4.15. The van der Waals surface area contributed by atoms with Gasteiger partial charge in [-0.1, -0.05) is 169 Å². The molecule has 1 saturated heterocycles. The molecule has 22 heteroatoms. The summed E-state index contributed by atoms with van der Waals surface area (Å²) in [6.07, 6.45) is 5.74. The number of carbonyl (C=O) groups is 8. The van der Waals surface area contributed by atoms with E-state index >= 15 is 4.79 Å². The van der Waals surface area contributed by atoms with Crippen LogP contribution in [-0.4, -0.2) is 124 Å². The average molecular weight is 1230 g/mol. The number of primary amides is 1. The van der Waals surface area contributed by atoms with Crippen molar-refractivity contribution in [2.75, 3.05) is 18.1 Å². The Kier molecular flexibility index (Phi) is 23.9. The van der Waals surface area contributed by atoms with E-state index in [0.717, 1.165) is 60.3 Å². The largest absolute Gasteiger partial charge is 0.368 e. The topological polar surface area (TPSA) is 328 Å². The lowest BCUT2D eigenvalue weighted by Gasteiger charge is -2.29. The lowest BCUT2D eigenvalue weighted by atomic mass is 9.99. The van der Waals surface area contributed by atoms with Crippen molar-refractivity contribution in [2.45, 2.75) is 107 Å². The fourth-order valence-electron chi connectivity index (χ4n) is 10.3. The van der Waals surface area contributed by atoms with E-state index in [4.69, 9.17) is 17.2 Å². The van der Waals surface area contributed by atoms with E-state index in [2.05, 4.69) is 47.2 Å². The summed E-state index contributed by atoms with van der Waals surface area (Å²) >= 11 is 0. The summed E-state index contributed by atoms with van der Waals surface area (Å²) in [5.74, 6) is -6.93. The van der Waals surface area contributed by atoms with Crippen LogP contribution < -0.4 is 54.4 Å². The molecule has 0 spiro atoms. The smallest absolute Gasteiger partial charge is 0.244 e. The number of hydrogen-bond acceptors (Lipinski definition) is 13. The van der Waals surface area contributed by atoms with E-state index < -0.39 is 102 Å². The first-order chi connectivity index (χ1) is 42.5. The molecule has 0 aliphatic carbocycles. The molecule has 5 aromatic carbocycles. The van der Waals surface area contributed by atoms with Crippen LogP contribution in [-0.2, 0) is 64.0 Å². The highest BCUT2D eigenvalue weighted by Gasteiger charge is 2.36. The predicted octanol–water partition coefficient (Wildman–Crippen LogP) is 4.55. The summed E-state index contributed by atoms with van der Waals surface area (Å²) < 4.78 is 0. The molecular formula is C66H76N12O8S2. The van der Waals surface area contributed by atoms with Crippen molar-refractivity contribution in [1.82, 2.24) is 47.2 Å². The van der Waals surface area contributed by atoms with Crippen LogP contribution in [0.2, 0.25) is 0 Å². The maximum absolute atomic E-state index is 15.0. The number of nitrogens with one attached hydrogen (secondary N) is 8. The van der Waals surface area contributed by atoms with Gasteiger partial charge in [-0.15, -0.1) is 0 Å². The zero-order valence-electron chi connectivity index (χ0n) is 49.1. The number of rotatable bonds is 20. The van der Waals surface area contributed by atoms with Crippen LogP contribution in [0.15, 0.2) is 164 Å². The zero-order chi connectivity index (χ0) is 62.5. The minimum absolute atomic E-state index is 0.00573. The molecule has 0 bridgehead atoms. The highest BCUT2D eigenvalue weighted by molar-refractivity contribution is 8.76. The van der Waals surface area contributed by atoms with Gasteiger partial charge in [-0.2, -0.15) is 0 Å². The van der Waals surface area contributed by atoms with Gasteiger partial charge in [0.25, 0.3) is 0 Å². The van der Waals surface area contributed by atoms with Gasteiger partial charge in [-0.25, -0.2) is 0 Å². The molecule has 20 nitrogen and oxygen atoms in total. The standard InChI is InChI=1S/C66H76N12O8S2/c1-40(2)58-66(86)77-57(64(84)73-53(59(69)79)33-42-17-14-24-47(31-42)45-21-7-4-8-22-45)39-88-87-38-56(76-60(80)50(68)32-41-16-13-23-46(30-41)44-19-5-3-6-20-44)65(85)74-54(34-43-18-15-29-70-36-43)62(82)75-55(35-48-37-71-51-26-10-9-25-49(48)51)63(83)72-52(61(81)78-58)27-11-12-28-67/h3-10,13-26,29-31,36-37,40,50,52-58,71H,11-12,27-28,32-35,38-39,67-68H2,1-2H3,(H2,69,79)(H,72,83)(H,73,84)(H,74,85)(H,75,82)(H,76,80)(H,77,86)(H,78,81)/t50-,52-,53-,54-,55+,56+,57-,58-/m0/s1. The Balaban J connectivity index is 1.13. The third-order valence-corrected chi connectivity index (χ3v) is 17.6.